The Morgan fingerprint density at radius 2 is 2.22 bits per heavy atom. The molecule has 0 saturated carbocycles. The predicted molar refractivity (Wildman–Crippen MR) is 38.9 cm³/mol. The van der Waals surface area contributed by atoms with Crippen LogP contribution in [0.3, 0.4) is 0 Å². The summed E-state index contributed by atoms with van der Waals surface area (Å²) in [5.41, 5.74) is 0. The molecule has 0 bridgehead atoms. The van der Waals surface area contributed by atoms with Crippen molar-refractivity contribution in [2.24, 2.45) is 5.92 Å². The Balaban J connectivity index is 3.48. The second-order valence-corrected chi connectivity index (χ2v) is 2.36. The molecule has 0 heterocycles. The van der Waals surface area contributed by atoms with E-state index in [-0.39, 0.29) is 6.10 Å². The molecule has 2 atom stereocenters. The van der Waals surface area contributed by atoms with Crippen molar-refractivity contribution in [3.63, 3.8) is 0 Å². The minimum absolute atomic E-state index is 0.306. The molecule has 9 heavy (non-hydrogen) atoms. The zero-order valence-corrected chi connectivity index (χ0v) is 6.09. The molecule has 0 spiro atoms. The first-order chi connectivity index (χ1) is 4.22. The second-order valence-electron chi connectivity index (χ2n) is 2.36. The van der Waals surface area contributed by atoms with Crippen molar-refractivity contribution in [3.8, 4) is 12.3 Å². The van der Waals surface area contributed by atoms with E-state index in [4.69, 9.17) is 6.42 Å². The van der Waals surface area contributed by atoms with Crippen molar-refractivity contribution in [2.75, 3.05) is 0 Å². The summed E-state index contributed by atoms with van der Waals surface area (Å²) in [7, 11) is 0. The SMILES string of the molecule is C#CC[C@H](O)[C@@H](C)CC. The van der Waals surface area contributed by atoms with Gasteiger partial charge < -0.3 is 5.11 Å². The van der Waals surface area contributed by atoms with E-state index >= 15 is 0 Å². The summed E-state index contributed by atoms with van der Waals surface area (Å²) in [5, 5.41) is 9.18. The monoisotopic (exact) mass is 126 g/mol. The molecular weight excluding hydrogens is 112 g/mol. The van der Waals surface area contributed by atoms with Gasteiger partial charge in [0.05, 0.1) is 6.10 Å². The zero-order chi connectivity index (χ0) is 7.28. The third-order valence-electron chi connectivity index (χ3n) is 1.63. The maximum atomic E-state index is 9.18. The first-order valence-corrected chi connectivity index (χ1v) is 3.33. The van der Waals surface area contributed by atoms with Gasteiger partial charge in [-0.3, -0.25) is 0 Å². The summed E-state index contributed by atoms with van der Waals surface area (Å²) in [6, 6.07) is 0. The van der Waals surface area contributed by atoms with Crippen molar-refractivity contribution >= 4 is 0 Å². The van der Waals surface area contributed by atoms with Crippen LogP contribution in [-0.2, 0) is 0 Å². The van der Waals surface area contributed by atoms with Gasteiger partial charge in [-0.15, -0.1) is 12.3 Å². The Kier molecular flexibility index (Phi) is 4.17. The second kappa shape index (κ2) is 4.40. The third kappa shape index (κ3) is 3.16. The highest BCUT2D eigenvalue weighted by Crippen LogP contribution is 2.09. The maximum Gasteiger partial charge on any atom is 0.0674 e. The fourth-order valence-electron chi connectivity index (χ4n) is 0.594. The van der Waals surface area contributed by atoms with Crippen LogP contribution in [-0.4, -0.2) is 11.2 Å². The molecule has 0 unspecified atom stereocenters. The highest BCUT2D eigenvalue weighted by molar-refractivity contribution is 4.87. The smallest absolute Gasteiger partial charge is 0.0674 e. The standard InChI is InChI=1S/C8H14O/c1-4-6-8(9)7(3)5-2/h1,7-9H,5-6H2,2-3H3/t7-,8-/m0/s1. The van der Waals surface area contributed by atoms with Crippen LogP contribution in [0.4, 0.5) is 0 Å². The average Bonchev–Trinajstić information content (AvgIpc) is 1.87. The van der Waals surface area contributed by atoms with E-state index in [1.54, 1.807) is 0 Å². The van der Waals surface area contributed by atoms with Crippen molar-refractivity contribution in [1.82, 2.24) is 0 Å². The van der Waals surface area contributed by atoms with Crippen molar-refractivity contribution in [2.45, 2.75) is 32.8 Å². The van der Waals surface area contributed by atoms with Crippen LogP contribution in [0.1, 0.15) is 26.7 Å². The van der Waals surface area contributed by atoms with E-state index in [9.17, 15) is 5.11 Å². The number of aliphatic hydroxyl groups excluding tert-OH is 1. The van der Waals surface area contributed by atoms with Crippen LogP contribution >= 0.6 is 0 Å². The van der Waals surface area contributed by atoms with E-state index in [1.807, 2.05) is 13.8 Å². The van der Waals surface area contributed by atoms with Crippen LogP contribution in [0.15, 0.2) is 0 Å². The fraction of sp³-hybridized carbons (Fsp3) is 0.750. The zero-order valence-electron chi connectivity index (χ0n) is 6.09. The van der Waals surface area contributed by atoms with E-state index < -0.39 is 0 Å². The normalized spacial score (nSPS) is 16.2. The summed E-state index contributed by atoms with van der Waals surface area (Å²) in [4.78, 5) is 0. The van der Waals surface area contributed by atoms with Crippen LogP contribution in [0.5, 0.6) is 0 Å². The molecule has 0 rings (SSSR count). The predicted octanol–water partition coefficient (Wildman–Crippen LogP) is 1.42. The molecule has 0 aliphatic rings. The number of rotatable bonds is 3. The molecule has 0 aliphatic carbocycles. The molecular formula is C8H14O. The summed E-state index contributed by atoms with van der Waals surface area (Å²) in [6.45, 7) is 4.05. The average molecular weight is 126 g/mol. The number of terminal acetylenes is 1. The van der Waals surface area contributed by atoms with Gasteiger partial charge in [0.25, 0.3) is 0 Å². The molecule has 52 valence electrons. The van der Waals surface area contributed by atoms with Gasteiger partial charge in [0, 0.05) is 6.42 Å². The minimum atomic E-state index is -0.306. The largest absolute Gasteiger partial charge is 0.392 e. The Morgan fingerprint density at radius 3 is 2.56 bits per heavy atom. The lowest BCUT2D eigenvalue weighted by Gasteiger charge is -2.13. The highest BCUT2D eigenvalue weighted by Gasteiger charge is 2.09. The fourth-order valence-corrected chi connectivity index (χ4v) is 0.594. The Hall–Kier alpha value is -0.480. The van der Waals surface area contributed by atoms with Gasteiger partial charge in [0.2, 0.25) is 0 Å². The first-order valence-electron chi connectivity index (χ1n) is 3.33. The van der Waals surface area contributed by atoms with Crippen molar-refractivity contribution in [1.29, 1.82) is 0 Å². The molecule has 1 heteroatoms. The molecule has 0 fully saturated rings. The lowest BCUT2D eigenvalue weighted by Crippen LogP contribution is -2.15. The summed E-state index contributed by atoms with van der Waals surface area (Å²) in [6.07, 6.45) is 6.18. The lowest BCUT2D eigenvalue weighted by molar-refractivity contribution is 0.119. The molecule has 0 aromatic carbocycles. The third-order valence-corrected chi connectivity index (χ3v) is 1.63. The van der Waals surface area contributed by atoms with Crippen molar-refractivity contribution in [3.05, 3.63) is 0 Å². The Bertz CT molecular complexity index is 102. The van der Waals surface area contributed by atoms with Gasteiger partial charge in [-0.2, -0.15) is 0 Å². The van der Waals surface area contributed by atoms with Gasteiger partial charge in [0.15, 0.2) is 0 Å². The van der Waals surface area contributed by atoms with Gasteiger partial charge in [-0.05, 0) is 5.92 Å². The Morgan fingerprint density at radius 1 is 1.67 bits per heavy atom. The Labute approximate surface area is 57.1 Å². The molecule has 0 aliphatic heterocycles. The van der Waals surface area contributed by atoms with E-state index in [0.29, 0.717) is 12.3 Å². The molecule has 1 N–H and O–H groups in total. The van der Waals surface area contributed by atoms with Crippen LogP contribution in [0, 0.1) is 18.3 Å². The van der Waals surface area contributed by atoms with Crippen molar-refractivity contribution < 1.29 is 5.11 Å². The van der Waals surface area contributed by atoms with Crippen LogP contribution in [0.25, 0.3) is 0 Å². The van der Waals surface area contributed by atoms with Crippen LogP contribution < -0.4 is 0 Å². The topological polar surface area (TPSA) is 20.2 Å². The minimum Gasteiger partial charge on any atom is -0.392 e. The van der Waals surface area contributed by atoms with Gasteiger partial charge in [0.1, 0.15) is 0 Å². The lowest BCUT2D eigenvalue weighted by atomic mass is 10.00. The molecule has 0 aromatic rings. The van der Waals surface area contributed by atoms with E-state index in [0.717, 1.165) is 6.42 Å². The summed E-state index contributed by atoms with van der Waals surface area (Å²) in [5.74, 6) is 2.77. The first kappa shape index (κ1) is 8.52. The van der Waals surface area contributed by atoms with Gasteiger partial charge >= 0.3 is 0 Å². The quantitative estimate of drug-likeness (QED) is 0.567. The molecule has 0 aromatic heterocycles. The molecule has 0 saturated heterocycles. The number of aliphatic hydroxyl groups is 1. The molecule has 1 nitrogen and oxygen atoms in total. The van der Waals surface area contributed by atoms with E-state index in [2.05, 4.69) is 5.92 Å². The highest BCUT2D eigenvalue weighted by atomic mass is 16.3. The molecule has 0 amide bonds. The molecule has 0 radical (unpaired) electrons. The maximum absolute atomic E-state index is 9.18. The van der Waals surface area contributed by atoms with E-state index in [1.165, 1.54) is 0 Å². The summed E-state index contributed by atoms with van der Waals surface area (Å²) < 4.78 is 0. The van der Waals surface area contributed by atoms with Gasteiger partial charge in [-0.25, -0.2) is 0 Å². The number of hydrogen-bond donors (Lipinski definition) is 1. The number of hydrogen-bond acceptors (Lipinski definition) is 1. The van der Waals surface area contributed by atoms with Crippen LogP contribution in [0.2, 0.25) is 0 Å². The van der Waals surface area contributed by atoms with Gasteiger partial charge in [-0.1, -0.05) is 20.3 Å². The summed E-state index contributed by atoms with van der Waals surface area (Å²) >= 11 is 0.